The summed E-state index contributed by atoms with van der Waals surface area (Å²) in [6.07, 6.45) is 6.67. The lowest BCUT2D eigenvalue weighted by atomic mass is 9.97. The van der Waals surface area contributed by atoms with Crippen molar-refractivity contribution in [3.05, 3.63) is 70.7 Å². The van der Waals surface area contributed by atoms with Gasteiger partial charge in [0, 0.05) is 17.6 Å². The van der Waals surface area contributed by atoms with Crippen LogP contribution in [0.1, 0.15) is 41.4 Å². The van der Waals surface area contributed by atoms with Crippen molar-refractivity contribution in [1.29, 1.82) is 0 Å². The van der Waals surface area contributed by atoms with E-state index < -0.39 is 0 Å². The first-order chi connectivity index (χ1) is 13.8. The van der Waals surface area contributed by atoms with E-state index in [1.807, 2.05) is 24.4 Å². The van der Waals surface area contributed by atoms with Crippen LogP contribution in [0.25, 0.3) is 0 Å². The van der Waals surface area contributed by atoms with Gasteiger partial charge in [-0.3, -0.25) is 4.90 Å². The lowest BCUT2D eigenvalue weighted by Gasteiger charge is -2.26. The van der Waals surface area contributed by atoms with Crippen LogP contribution < -0.4 is 9.47 Å². The summed E-state index contributed by atoms with van der Waals surface area (Å²) in [7, 11) is 0. The average molecular weight is 393 g/mol. The van der Waals surface area contributed by atoms with E-state index in [1.165, 1.54) is 41.9 Å². The van der Waals surface area contributed by atoms with Crippen molar-refractivity contribution in [2.75, 3.05) is 13.1 Å². The van der Waals surface area contributed by atoms with Gasteiger partial charge < -0.3 is 9.47 Å². The van der Waals surface area contributed by atoms with Crippen LogP contribution >= 0.6 is 11.3 Å². The molecule has 1 saturated heterocycles. The van der Waals surface area contributed by atoms with Gasteiger partial charge in [0.25, 0.3) is 5.19 Å². The Morgan fingerprint density at radius 3 is 2.82 bits per heavy atom. The summed E-state index contributed by atoms with van der Waals surface area (Å²) in [5.41, 5.74) is 2.44. The Morgan fingerprint density at radius 1 is 1.11 bits per heavy atom. The number of fused-ring (bicyclic) bond motifs is 1. The summed E-state index contributed by atoms with van der Waals surface area (Å²) in [5.74, 6) is 1.80. The summed E-state index contributed by atoms with van der Waals surface area (Å²) < 4.78 is 12.3. The van der Waals surface area contributed by atoms with Crippen molar-refractivity contribution in [2.45, 2.75) is 38.3 Å². The Morgan fingerprint density at radius 2 is 1.96 bits per heavy atom. The maximum atomic E-state index is 6.23. The third-order valence-corrected chi connectivity index (χ3v) is 6.32. The van der Waals surface area contributed by atoms with Crippen molar-refractivity contribution in [3.63, 3.8) is 0 Å². The third kappa shape index (κ3) is 3.91. The zero-order valence-electron chi connectivity index (χ0n) is 15.8. The van der Waals surface area contributed by atoms with Crippen LogP contribution in [0.4, 0.5) is 0 Å². The first-order valence-corrected chi connectivity index (χ1v) is 10.8. The SMILES string of the molecule is c1ccc(C2CCc3cc(Oc4ncc(CN5CCCC5)s4)ccc3O2)cc1. The molecule has 1 unspecified atom stereocenters. The van der Waals surface area contributed by atoms with Crippen LogP contribution in [-0.2, 0) is 13.0 Å². The van der Waals surface area contributed by atoms with Crippen LogP contribution in [0.3, 0.4) is 0 Å². The summed E-state index contributed by atoms with van der Waals surface area (Å²) >= 11 is 1.64. The molecule has 3 aromatic rings. The smallest absolute Gasteiger partial charge is 0.278 e. The minimum absolute atomic E-state index is 0.132. The van der Waals surface area contributed by atoms with Gasteiger partial charge in [-0.25, -0.2) is 4.98 Å². The molecule has 2 aromatic carbocycles. The summed E-state index contributed by atoms with van der Waals surface area (Å²) in [6.45, 7) is 3.38. The van der Waals surface area contributed by atoms with Gasteiger partial charge >= 0.3 is 0 Å². The molecule has 5 rings (SSSR count). The van der Waals surface area contributed by atoms with Crippen LogP contribution in [0.2, 0.25) is 0 Å². The largest absolute Gasteiger partial charge is 0.485 e. The lowest BCUT2D eigenvalue weighted by Crippen LogP contribution is -2.17. The van der Waals surface area contributed by atoms with Crippen LogP contribution in [-0.4, -0.2) is 23.0 Å². The molecule has 0 spiro atoms. The molecule has 1 aromatic heterocycles. The van der Waals surface area contributed by atoms with Crippen LogP contribution in [0.5, 0.6) is 16.7 Å². The normalized spacial score (nSPS) is 19.2. The highest BCUT2D eigenvalue weighted by Gasteiger charge is 2.22. The van der Waals surface area contributed by atoms with Crippen molar-refractivity contribution in [1.82, 2.24) is 9.88 Å². The highest BCUT2D eigenvalue weighted by Crippen LogP contribution is 2.38. The molecule has 0 aliphatic carbocycles. The molecule has 4 nitrogen and oxygen atoms in total. The van der Waals surface area contributed by atoms with Crippen LogP contribution in [0.15, 0.2) is 54.7 Å². The van der Waals surface area contributed by atoms with Gasteiger partial charge in [-0.2, -0.15) is 0 Å². The highest BCUT2D eigenvalue weighted by molar-refractivity contribution is 7.13. The molecule has 2 aliphatic rings. The molecule has 0 radical (unpaired) electrons. The van der Waals surface area contributed by atoms with E-state index in [-0.39, 0.29) is 6.10 Å². The van der Waals surface area contributed by atoms with Gasteiger partial charge in [0.05, 0.1) is 0 Å². The predicted octanol–water partition coefficient (Wildman–Crippen LogP) is 5.60. The molecule has 0 amide bonds. The van der Waals surface area contributed by atoms with Gasteiger partial charge in [-0.1, -0.05) is 41.7 Å². The number of aromatic nitrogens is 1. The molecule has 3 heterocycles. The molecule has 0 bridgehead atoms. The molecule has 28 heavy (non-hydrogen) atoms. The molecule has 1 fully saturated rings. The number of benzene rings is 2. The second-order valence-corrected chi connectivity index (χ2v) is 8.58. The topological polar surface area (TPSA) is 34.6 Å². The Hall–Kier alpha value is -2.37. The Kier molecular flexibility index (Phi) is 5.02. The molecule has 5 heteroatoms. The average Bonchev–Trinajstić information content (AvgIpc) is 3.41. The second kappa shape index (κ2) is 7.94. The summed E-state index contributed by atoms with van der Waals surface area (Å²) in [4.78, 5) is 8.21. The number of hydrogen-bond donors (Lipinski definition) is 0. The molecule has 2 aliphatic heterocycles. The molecule has 144 valence electrons. The monoisotopic (exact) mass is 392 g/mol. The van der Waals surface area contributed by atoms with E-state index in [9.17, 15) is 0 Å². The maximum absolute atomic E-state index is 6.23. The van der Waals surface area contributed by atoms with E-state index in [1.54, 1.807) is 11.3 Å². The number of hydrogen-bond acceptors (Lipinski definition) is 5. The fraction of sp³-hybridized carbons (Fsp3) is 0.348. The van der Waals surface area contributed by atoms with Gasteiger partial charge in [-0.05, 0) is 68.1 Å². The fourth-order valence-electron chi connectivity index (χ4n) is 4.00. The number of aryl methyl sites for hydroxylation is 1. The second-order valence-electron chi connectivity index (χ2n) is 7.50. The van der Waals surface area contributed by atoms with E-state index in [0.717, 1.165) is 30.9 Å². The Balaban J connectivity index is 1.25. The van der Waals surface area contributed by atoms with Gasteiger partial charge in [-0.15, -0.1) is 0 Å². The lowest BCUT2D eigenvalue weighted by molar-refractivity contribution is 0.176. The van der Waals surface area contributed by atoms with E-state index >= 15 is 0 Å². The molecular weight excluding hydrogens is 368 g/mol. The number of nitrogens with zero attached hydrogens (tertiary/aromatic N) is 2. The third-order valence-electron chi connectivity index (χ3n) is 5.46. The Labute approximate surface area is 169 Å². The fourth-order valence-corrected chi connectivity index (χ4v) is 4.82. The number of thiazole rings is 1. The first-order valence-electron chi connectivity index (χ1n) is 10.0. The van der Waals surface area contributed by atoms with Gasteiger partial charge in [0.1, 0.15) is 17.6 Å². The van der Waals surface area contributed by atoms with E-state index in [0.29, 0.717) is 5.19 Å². The molecule has 1 atom stereocenters. The van der Waals surface area contributed by atoms with Crippen molar-refractivity contribution in [3.8, 4) is 16.7 Å². The molecule has 0 N–H and O–H groups in total. The summed E-state index contributed by atoms with van der Waals surface area (Å²) in [5, 5.41) is 0.716. The van der Waals surface area contributed by atoms with Crippen molar-refractivity contribution < 1.29 is 9.47 Å². The number of rotatable bonds is 5. The van der Waals surface area contributed by atoms with E-state index in [4.69, 9.17) is 9.47 Å². The van der Waals surface area contributed by atoms with Crippen LogP contribution in [0, 0.1) is 0 Å². The van der Waals surface area contributed by atoms with E-state index in [2.05, 4.69) is 40.2 Å². The molecule has 0 saturated carbocycles. The first kappa shape index (κ1) is 17.7. The minimum Gasteiger partial charge on any atom is -0.485 e. The predicted molar refractivity (Wildman–Crippen MR) is 111 cm³/mol. The van der Waals surface area contributed by atoms with Crippen molar-refractivity contribution >= 4 is 11.3 Å². The van der Waals surface area contributed by atoms with Crippen molar-refractivity contribution in [2.24, 2.45) is 0 Å². The number of likely N-dealkylation sites (tertiary alicyclic amines) is 1. The summed E-state index contributed by atoms with van der Waals surface area (Å²) in [6, 6.07) is 16.5. The highest BCUT2D eigenvalue weighted by atomic mass is 32.1. The number of ether oxygens (including phenoxy) is 2. The maximum Gasteiger partial charge on any atom is 0.278 e. The van der Waals surface area contributed by atoms with Gasteiger partial charge in [0.2, 0.25) is 0 Å². The Bertz CT molecular complexity index is 935. The minimum atomic E-state index is 0.132. The zero-order chi connectivity index (χ0) is 18.8. The standard InChI is InChI=1S/C23H24N2O2S/c1-2-6-17(7-3-1)21-10-8-18-14-19(9-11-22(18)27-21)26-23-24-15-20(28-23)16-25-12-4-5-13-25/h1-3,6-7,9,11,14-15,21H,4-5,8,10,12-13,16H2. The quantitative estimate of drug-likeness (QED) is 0.566. The zero-order valence-corrected chi connectivity index (χ0v) is 16.7. The van der Waals surface area contributed by atoms with Gasteiger partial charge in [0.15, 0.2) is 0 Å². The molecular formula is C23H24N2O2S.